The van der Waals surface area contributed by atoms with Crippen LogP contribution in [0.15, 0.2) is 24.3 Å². The van der Waals surface area contributed by atoms with Crippen molar-refractivity contribution in [2.24, 2.45) is 33.5 Å². The molecule has 0 saturated heterocycles. The highest BCUT2D eigenvalue weighted by atomic mass is 16.5. The van der Waals surface area contributed by atoms with Gasteiger partial charge in [-0.25, -0.2) is 0 Å². The van der Waals surface area contributed by atoms with Gasteiger partial charge in [-0.3, -0.25) is 19.2 Å². The van der Waals surface area contributed by atoms with Crippen LogP contribution in [0, 0.1) is 33.5 Å². The molecule has 0 saturated carbocycles. The number of hydrogen-bond acceptors (Lipinski definition) is 6. The summed E-state index contributed by atoms with van der Waals surface area (Å²) in [6.07, 6.45) is 8.60. The number of carbonyl (C=O) groups is 4. The fraction of sp³-hybridized carbons (Fsp3) is 0.750. The van der Waals surface area contributed by atoms with Gasteiger partial charge in [0.1, 0.15) is 34.6 Å². The predicted octanol–water partition coefficient (Wildman–Crippen LogP) is 10.0. The molecule has 0 N–H and O–H groups in total. The maximum atomic E-state index is 13.0. The lowest BCUT2D eigenvalue weighted by Gasteiger charge is -2.28. The number of unbranched alkanes of at least 4 members (excludes halogenated alkanes) is 6. The first-order valence-electron chi connectivity index (χ1n) is 17.6. The topological polar surface area (TPSA) is 86.7 Å². The monoisotopic (exact) mass is 642 g/mol. The summed E-state index contributed by atoms with van der Waals surface area (Å²) in [4.78, 5) is 51.9. The number of carbonyl (C=O) groups excluding carboxylic acids is 4. The van der Waals surface area contributed by atoms with E-state index in [1.54, 1.807) is 0 Å². The van der Waals surface area contributed by atoms with Crippen LogP contribution in [0.5, 0.6) is 11.5 Å². The molecule has 1 aromatic carbocycles. The van der Waals surface area contributed by atoms with Gasteiger partial charge < -0.3 is 9.47 Å². The lowest BCUT2D eigenvalue weighted by Crippen LogP contribution is -2.39. The maximum absolute atomic E-state index is 13.0. The zero-order valence-corrected chi connectivity index (χ0v) is 31.4. The first-order chi connectivity index (χ1) is 21.1. The van der Waals surface area contributed by atoms with Gasteiger partial charge in [-0.05, 0) is 37.8 Å². The minimum atomic E-state index is -0.528. The molecule has 0 aliphatic carbocycles. The SMILES string of the molecule is CC(C)(C)C(=O)C(CCCCCCOc1cccc(OCCCCCCC(C(=O)C(C)(C)C)C(=O)C(C)(C)C)c1)C(=O)C(C)(C)C. The number of ketones is 4. The number of benzene rings is 1. The molecule has 46 heavy (non-hydrogen) atoms. The van der Waals surface area contributed by atoms with E-state index in [9.17, 15) is 19.2 Å². The Morgan fingerprint density at radius 1 is 0.478 bits per heavy atom. The van der Waals surface area contributed by atoms with Crippen LogP contribution in [0.25, 0.3) is 0 Å². The quantitative estimate of drug-likeness (QED) is 0.104. The second kappa shape index (κ2) is 18.2. The lowest BCUT2D eigenvalue weighted by molar-refractivity contribution is -0.143. The number of hydrogen-bond donors (Lipinski definition) is 0. The number of ether oxygens (including phenoxy) is 2. The van der Waals surface area contributed by atoms with E-state index in [1.807, 2.05) is 107 Å². The fourth-order valence-electron chi connectivity index (χ4n) is 5.50. The molecule has 0 aliphatic rings. The van der Waals surface area contributed by atoms with Crippen LogP contribution in [0.4, 0.5) is 0 Å². The molecule has 1 aromatic rings. The molecule has 0 aromatic heterocycles. The van der Waals surface area contributed by atoms with Gasteiger partial charge in [0.15, 0.2) is 0 Å². The Morgan fingerprint density at radius 2 is 0.761 bits per heavy atom. The molecule has 0 radical (unpaired) electrons. The number of Topliss-reactive ketones (excluding diaryl/α,β-unsaturated/α-hetero) is 4. The average molecular weight is 643 g/mol. The first-order valence-corrected chi connectivity index (χ1v) is 17.6. The Hall–Kier alpha value is -2.50. The standard InChI is InChI=1S/C40H66O6/c1-37(2,3)33(41)31(34(42)38(4,5)6)24-17-13-15-19-26-45-29-22-21-23-30(28-29)46-27-20-16-14-18-25-32(35(43)39(7,8)9)36(44)40(10,11)12/h21-23,28,31-32H,13-20,24-27H2,1-12H3. The zero-order valence-electron chi connectivity index (χ0n) is 31.4. The largest absolute Gasteiger partial charge is 0.493 e. The molecular formula is C40H66O6. The van der Waals surface area contributed by atoms with Crippen molar-refractivity contribution in [2.75, 3.05) is 13.2 Å². The third-order valence-electron chi connectivity index (χ3n) is 8.34. The lowest BCUT2D eigenvalue weighted by atomic mass is 9.73. The molecule has 0 atom stereocenters. The molecule has 262 valence electrons. The van der Waals surface area contributed by atoms with Crippen molar-refractivity contribution < 1.29 is 28.7 Å². The summed E-state index contributed by atoms with van der Waals surface area (Å²) in [5.74, 6) is 0.687. The fourth-order valence-corrected chi connectivity index (χ4v) is 5.50. The van der Waals surface area contributed by atoms with E-state index in [-0.39, 0.29) is 23.1 Å². The Kier molecular flexibility index (Phi) is 16.4. The minimum Gasteiger partial charge on any atom is -0.493 e. The summed E-state index contributed by atoms with van der Waals surface area (Å²) in [5.41, 5.74) is -2.09. The van der Waals surface area contributed by atoms with Crippen molar-refractivity contribution >= 4 is 23.1 Å². The van der Waals surface area contributed by atoms with Crippen LogP contribution in [-0.2, 0) is 19.2 Å². The van der Waals surface area contributed by atoms with Crippen molar-refractivity contribution in [3.05, 3.63) is 24.3 Å². The molecule has 0 unspecified atom stereocenters. The van der Waals surface area contributed by atoms with Gasteiger partial charge in [-0.15, -0.1) is 0 Å². The van der Waals surface area contributed by atoms with Gasteiger partial charge in [0.05, 0.1) is 25.0 Å². The van der Waals surface area contributed by atoms with Crippen molar-refractivity contribution in [3.63, 3.8) is 0 Å². The highest BCUT2D eigenvalue weighted by Crippen LogP contribution is 2.32. The molecular weight excluding hydrogens is 576 g/mol. The van der Waals surface area contributed by atoms with E-state index in [1.165, 1.54) is 0 Å². The normalized spacial score (nSPS) is 12.8. The Labute approximate surface area is 281 Å². The molecule has 0 spiro atoms. The Bertz CT molecular complexity index is 983. The third kappa shape index (κ3) is 14.9. The summed E-state index contributed by atoms with van der Waals surface area (Å²) in [7, 11) is 0. The van der Waals surface area contributed by atoms with E-state index in [4.69, 9.17) is 9.47 Å². The average Bonchev–Trinajstić information content (AvgIpc) is 2.93. The summed E-state index contributed by atoms with van der Waals surface area (Å²) in [6, 6.07) is 7.72. The van der Waals surface area contributed by atoms with Crippen molar-refractivity contribution in [2.45, 2.75) is 147 Å². The molecule has 0 aliphatic heterocycles. The predicted molar refractivity (Wildman–Crippen MR) is 188 cm³/mol. The first kappa shape index (κ1) is 41.5. The van der Waals surface area contributed by atoms with Crippen LogP contribution >= 0.6 is 0 Å². The van der Waals surface area contributed by atoms with E-state index in [0.717, 1.165) is 62.9 Å². The van der Waals surface area contributed by atoms with Crippen LogP contribution in [-0.4, -0.2) is 36.3 Å². The summed E-state index contributed by atoms with van der Waals surface area (Å²) >= 11 is 0. The van der Waals surface area contributed by atoms with E-state index in [0.29, 0.717) is 26.1 Å². The molecule has 6 nitrogen and oxygen atoms in total. The van der Waals surface area contributed by atoms with Gasteiger partial charge >= 0.3 is 0 Å². The van der Waals surface area contributed by atoms with Crippen molar-refractivity contribution in [1.29, 1.82) is 0 Å². The molecule has 6 heteroatoms. The third-order valence-corrected chi connectivity index (χ3v) is 8.34. The summed E-state index contributed by atoms with van der Waals surface area (Å²) < 4.78 is 11.9. The highest BCUT2D eigenvalue weighted by molar-refractivity contribution is 6.07. The van der Waals surface area contributed by atoms with E-state index >= 15 is 0 Å². The smallest absolute Gasteiger partial charge is 0.148 e. The Morgan fingerprint density at radius 3 is 1.04 bits per heavy atom. The van der Waals surface area contributed by atoms with Gasteiger partial charge in [0.2, 0.25) is 0 Å². The highest BCUT2D eigenvalue weighted by Gasteiger charge is 2.39. The second-order valence-electron chi connectivity index (χ2n) is 17.1. The van der Waals surface area contributed by atoms with Crippen LogP contribution in [0.1, 0.15) is 147 Å². The van der Waals surface area contributed by atoms with Gasteiger partial charge in [0, 0.05) is 27.7 Å². The molecule has 0 heterocycles. The summed E-state index contributed by atoms with van der Waals surface area (Å²) in [6.45, 7) is 23.9. The van der Waals surface area contributed by atoms with Gasteiger partial charge in [-0.1, -0.05) is 128 Å². The van der Waals surface area contributed by atoms with Crippen LogP contribution in [0.2, 0.25) is 0 Å². The molecule has 0 bridgehead atoms. The van der Waals surface area contributed by atoms with E-state index < -0.39 is 33.5 Å². The van der Waals surface area contributed by atoms with Crippen molar-refractivity contribution in [3.8, 4) is 11.5 Å². The molecule has 1 rings (SSSR count). The van der Waals surface area contributed by atoms with Gasteiger partial charge in [0.25, 0.3) is 0 Å². The summed E-state index contributed by atoms with van der Waals surface area (Å²) in [5, 5.41) is 0. The van der Waals surface area contributed by atoms with Gasteiger partial charge in [-0.2, -0.15) is 0 Å². The minimum absolute atomic E-state index is 0.0459. The number of rotatable bonds is 20. The second-order valence-corrected chi connectivity index (χ2v) is 17.1. The van der Waals surface area contributed by atoms with E-state index in [2.05, 4.69) is 0 Å². The molecule has 0 fully saturated rings. The van der Waals surface area contributed by atoms with Crippen molar-refractivity contribution in [1.82, 2.24) is 0 Å². The maximum Gasteiger partial charge on any atom is 0.148 e. The van der Waals surface area contributed by atoms with Crippen LogP contribution < -0.4 is 9.47 Å². The zero-order chi connectivity index (χ0) is 35.3. The van der Waals surface area contributed by atoms with Crippen LogP contribution in [0.3, 0.4) is 0 Å². The Balaban J connectivity index is 2.39. The molecule has 0 amide bonds.